The summed E-state index contributed by atoms with van der Waals surface area (Å²) < 4.78 is 0. The van der Waals surface area contributed by atoms with Crippen molar-refractivity contribution in [3.8, 4) is 0 Å². The molecule has 118 valence electrons. The molecule has 1 aromatic carbocycles. The third kappa shape index (κ3) is 5.07. The standard InChI is InChI=1S/C18H30N2O/c1-6-11-19-17-10-9-13(4)12-16(17)18(21)20-14(5)15(7-2)8-3/h9-10,12,14-15,19H,6-8,11H2,1-5H3,(H,20,21). The van der Waals surface area contributed by atoms with Crippen LogP contribution in [0.5, 0.6) is 0 Å². The Labute approximate surface area is 129 Å². The van der Waals surface area contributed by atoms with Crippen LogP contribution in [0.25, 0.3) is 0 Å². The van der Waals surface area contributed by atoms with Gasteiger partial charge in [-0.1, -0.05) is 45.2 Å². The number of carbonyl (C=O) groups excluding carboxylic acids is 1. The van der Waals surface area contributed by atoms with E-state index in [2.05, 4.69) is 38.3 Å². The summed E-state index contributed by atoms with van der Waals surface area (Å²) in [4.78, 5) is 12.6. The van der Waals surface area contributed by atoms with Crippen molar-refractivity contribution in [3.05, 3.63) is 29.3 Å². The van der Waals surface area contributed by atoms with Crippen LogP contribution in [0.2, 0.25) is 0 Å². The van der Waals surface area contributed by atoms with Crippen molar-refractivity contribution in [2.45, 2.75) is 59.9 Å². The molecule has 0 fully saturated rings. The molecular weight excluding hydrogens is 260 g/mol. The average molecular weight is 290 g/mol. The van der Waals surface area contributed by atoms with Crippen LogP contribution >= 0.6 is 0 Å². The fraction of sp³-hybridized carbons (Fsp3) is 0.611. The quantitative estimate of drug-likeness (QED) is 0.746. The summed E-state index contributed by atoms with van der Waals surface area (Å²) >= 11 is 0. The molecule has 0 aromatic heterocycles. The molecule has 0 radical (unpaired) electrons. The Morgan fingerprint density at radius 2 is 1.86 bits per heavy atom. The fourth-order valence-electron chi connectivity index (χ4n) is 2.66. The van der Waals surface area contributed by atoms with E-state index in [-0.39, 0.29) is 11.9 Å². The highest BCUT2D eigenvalue weighted by molar-refractivity contribution is 6.00. The Hall–Kier alpha value is -1.51. The van der Waals surface area contributed by atoms with Crippen molar-refractivity contribution in [3.63, 3.8) is 0 Å². The lowest BCUT2D eigenvalue weighted by molar-refractivity contribution is 0.0926. The number of amides is 1. The topological polar surface area (TPSA) is 41.1 Å². The highest BCUT2D eigenvalue weighted by atomic mass is 16.1. The second-order valence-corrected chi connectivity index (χ2v) is 5.81. The summed E-state index contributed by atoms with van der Waals surface area (Å²) in [5.41, 5.74) is 2.79. The second kappa shape index (κ2) is 8.71. The first-order valence-corrected chi connectivity index (χ1v) is 8.18. The lowest BCUT2D eigenvalue weighted by atomic mass is 9.95. The van der Waals surface area contributed by atoms with Crippen LogP contribution in [0.15, 0.2) is 18.2 Å². The van der Waals surface area contributed by atoms with Gasteiger partial charge in [0.1, 0.15) is 0 Å². The minimum absolute atomic E-state index is 0.0247. The van der Waals surface area contributed by atoms with Crippen LogP contribution in [0.4, 0.5) is 5.69 Å². The summed E-state index contributed by atoms with van der Waals surface area (Å²) in [7, 11) is 0. The van der Waals surface area contributed by atoms with E-state index < -0.39 is 0 Å². The van der Waals surface area contributed by atoms with E-state index in [1.807, 2.05) is 25.1 Å². The van der Waals surface area contributed by atoms with Crippen molar-refractivity contribution in [1.29, 1.82) is 0 Å². The van der Waals surface area contributed by atoms with Crippen LogP contribution in [0.3, 0.4) is 0 Å². The number of aryl methyl sites for hydroxylation is 1. The van der Waals surface area contributed by atoms with Gasteiger partial charge in [-0.05, 0) is 38.3 Å². The molecule has 3 heteroatoms. The summed E-state index contributed by atoms with van der Waals surface area (Å²) in [6.45, 7) is 11.5. The van der Waals surface area contributed by atoms with Crippen molar-refractivity contribution < 1.29 is 4.79 Å². The van der Waals surface area contributed by atoms with E-state index in [9.17, 15) is 4.79 Å². The van der Waals surface area contributed by atoms with Crippen LogP contribution in [0.1, 0.15) is 62.9 Å². The maximum Gasteiger partial charge on any atom is 0.253 e. The molecule has 0 spiro atoms. The molecule has 0 saturated carbocycles. The van der Waals surface area contributed by atoms with Gasteiger partial charge in [0.05, 0.1) is 5.56 Å². The number of nitrogens with one attached hydrogen (secondary N) is 2. The van der Waals surface area contributed by atoms with Gasteiger partial charge in [0.15, 0.2) is 0 Å². The largest absolute Gasteiger partial charge is 0.384 e. The monoisotopic (exact) mass is 290 g/mol. The van der Waals surface area contributed by atoms with Crippen LogP contribution in [-0.2, 0) is 0 Å². The molecule has 0 aliphatic rings. The number of anilines is 1. The Balaban J connectivity index is 2.87. The molecule has 21 heavy (non-hydrogen) atoms. The van der Waals surface area contributed by atoms with Crippen molar-refractivity contribution >= 4 is 11.6 Å². The Kier molecular flexibility index (Phi) is 7.27. The van der Waals surface area contributed by atoms with Crippen LogP contribution in [-0.4, -0.2) is 18.5 Å². The number of carbonyl (C=O) groups is 1. The maximum atomic E-state index is 12.6. The van der Waals surface area contributed by atoms with Gasteiger partial charge < -0.3 is 10.6 Å². The minimum atomic E-state index is 0.0247. The third-order valence-corrected chi connectivity index (χ3v) is 4.10. The SMILES string of the molecule is CCCNc1ccc(C)cc1C(=O)NC(C)C(CC)CC. The van der Waals surface area contributed by atoms with Gasteiger partial charge in [-0.25, -0.2) is 0 Å². The number of hydrogen-bond acceptors (Lipinski definition) is 2. The molecule has 0 aliphatic heterocycles. The van der Waals surface area contributed by atoms with Crippen molar-refractivity contribution in [2.75, 3.05) is 11.9 Å². The number of rotatable bonds is 8. The first-order valence-electron chi connectivity index (χ1n) is 8.18. The van der Waals surface area contributed by atoms with Gasteiger partial charge in [-0.2, -0.15) is 0 Å². The van der Waals surface area contributed by atoms with E-state index in [1.54, 1.807) is 0 Å². The molecule has 1 atom stereocenters. The molecule has 3 nitrogen and oxygen atoms in total. The second-order valence-electron chi connectivity index (χ2n) is 5.81. The van der Waals surface area contributed by atoms with Crippen molar-refractivity contribution in [2.24, 2.45) is 5.92 Å². The predicted molar refractivity (Wildman–Crippen MR) is 91.0 cm³/mol. The smallest absolute Gasteiger partial charge is 0.253 e. The summed E-state index contributed by atoms with van der Waals surface area (Å²) in [6, 6.07) is 6.21. The highest BCUT2D eigenvalue weighted by Crippen LogP contribution is 2.19. The van der Waals surface area contributed by atoms with E-state index in [1.165, 1.54) is 0 Å². The molecule has 1 unspecified atom stereocenters. The summed E-state index contributed by atoms with van der Waals surface area (Å²) in [5.74, 6) is 0.558. The molecule has 0 aliphatic carbocycles. The molecule has 1 amide bonds. The van der Waals surface area contributed by atoms with Gasteiger partial charge in [0.2, 0.25) is 0 Å². The molecule has 0 bridgehead atoms. The maximum absolute atomic E-state index is 12.6. The third-order valence-electron chi connectivity index (χ3n) is 4.10. The fourth-order valence-corrected chi connectivity index (χ4v) is 2.66. The molecule has 0 saturated heterocycles. The zero-order valence-electron chi connectivity index (χ0n) is 14.1. The Morgan fingerprint density at radius 3 is 2.43 bits per heavy atom. The van der Waals surface area contributed by atoms with E-state index in [0.29, 0.717) is 5.92 Å². The Morgan fingerprint density at radius 1 is 1.19 bits per heavy atom. The molecular formula is C18H30N2O. The highest BCUT2D eigenvalue weighted by Gasteiger charge is 2.18. The lowest BCUT2D eigenvalue weighted by Gasteiger charge is -2.23. The normalized spacial score (nSPS) is 12.3. The zero-order chi connectivity index (χ0) is 15.8. The Bertz CT molecular complexity index is 453. The predicted octanol–water partition coefficient (Wildman–Crippen LogP) is 4.37. The molecule has 1 rings (SSSR count). The average Bonchev–Trinajstić information content (AvgIpc) is 2.47. The van der Waals surface area contributed by atoms with Gasteiger partial charge in [-0.3, -0.25) is 4.79 Å². The number of benzene rings is 1. The molecule has 1 aromatic rings. The first kappa shape index (κ1) is 17.5. The number of hydrogen-bond donors (Lipinski definition) is 2. The van der Waals surface area contributed by atoms with Gasteiger partial charge in [-0.15, -0.1) is 0 Å². The first-order chi connectivity index (χ1) is 10.0. The molecule has 0 heterocycles. The van der Waals surface area contributed by atoms with Gasteiger partial charge >= 0.3 is 0 Å². The van der Waals surface area contributed by atoms with E-state index in [4.69, 9.17) is 0 Å². The van der Waals surface area contributed by atoms with Crippen LogP contribution < -0.4 is 10.6 Å². The molecule has 2 N–H and O–H groups in total. The van der Waals surface area contributed by atoms with E-state index >= 15 is 0 Å². The minimum Gasteiger partial charge on any atom is -0.384 e. The lowest BCUT2D eigenvalue weighted by Crippen LogP contribution is -2.38. The van der Waals surface area contributed by atoms with E-state index in [0.717, 1.165) is 42.6 Å². The van der Waals surface area contributed by atoms with Gasteiger partial charge in [0, 0.05) is 18.3 Å². The van der Waals surface area contributed by atoms with Gasteiger partial charge in [0.25, 0.3) is 5.91 Å². The zero-order valence-corrected chi connectivity index (χ0v) is 14.1. The summed E-state index contributed by atoms with van der Waals surface area (Å²) in [5, 5.41) is 6.50. The van der Waals surface area contributed by atoms with Crippen molar-refractivity contribution in [1.82, 2.24) is 5.32 Å². The summed E-state index contributed by atoms with van der Waals surface area (Å²) in [6.07, 6.45) is 3.22. The van der Waals surface area contributed by atoms with Crippen LogP contribution in [0, 0.1) is 12.8 Å².